The predicted molar refractivity (Wildman–Crippen MR) is 133 cm³/mol. The van der Waals surface area contributed by atoms with Crippen LogP contribution in [0, 0.1) is 34.5 Å². The van der Waals surface area contributed by atoms with Crippen LogP contribution in [0.3, 0.4) is 0 Å². The van der Waals surface area contributed by atoms with Crippen LogP contribution in [0.25, 0.3) is 0 Å². The minimum Gasteiger partial charge on any atom is -0.462 e. The monoisotopic (exact) mass is 501 g/mol. The molecule has 6 rings (SSSR count). The number of carbonyl (C=O) groups excluding carboxylic acids is 2. The SMILES string of the molecule is CC(=O)OC1CC2(O)C3CCC4CC(N5CCOCC5)CCC4(C)C3CCC2(C)C1C1=CC(=O)OC1. The molecular weight excluding hydrogens is 458 g/mol. The fourth-order valence-electron chi connectivity index (χ4n) is 10.0. The summed E-state index contributed by atoms with van der Waals surface area (Å²) in [5.41, 5.74) is -0.234. The van der Waals surface area contributed by atoms with Gasteiger partial charge in [-0.2, -0.15) is 0 Å². The first-order valence-electron chi connectivity index (χ1n) is 14.2. The summed E-state index contributed by atoms with van der Waals surface area (Å²) >= 11 is 0. The predicted octanol–water partition coefficient (Wildman–Crippen LogP) is 3.49. The number of hydrogen-bond acceptors (Lipinski definition) is 7. The molecule has 0 radical (unpaired) electrons. The molecule has 200 valence electrons. The Morgan fingerprint density at radius 1 is 1.11 bits per heavy atom. The highest BCUT2D eigenvalue weighted by molar-refractivity contribution is 5.85. The van der Waals surface area contributed by atoms with Crippen molar-refractivity contribution < 1.29 is 28.9 Å². The van der Waals surface area contributed by atoms with Gasteiger partial charge in [0, 0.05) is 49.9 Å². The van der Waals surface area contributed by atoms with Gasteiger partial charge in [-0.25, -0.2) is 4.79 Å². The highest BCUT2D eigenvalue weighted by Crippen LogP contribution is 2.70. The van der Waals surface area contributed by atoms with E-state index in [-0.39, 0.29) is 35.8 Å². The second-order valence-electron chi connectivity index (χ2n) is 13.1. The topological polar surface area (TPSA) is 85.3 Å². The van der Waals surface area contributed by atoms with Crippen molar-refractivity contribution in [3.05, 3.63) is 11.6 Å². The second kappa shape index (κ2) is 8.81. The molecule has 1 N–H and O–H groups in total. The zero-order chi connectivity index (χ0) is 25.3. The maximum absolute atomic E-state index is 12.6. The fourth-order valence-corrected chi connectivity index (χ4v) is 10.0. The molecule has 6 aliphatic rings. The minimum atomic E-state index is -0.914. The number of ether oxygens (including phenoxy) is 3. The summed E-state index contributed by atoms with van der Waals surface area (Å²) in [6, 6.07) is 0.663. The first-order chi connectivity index (χ1) is 17.2. The average molecular weight is 502 g/mol. The molecule has 0 aromatic heterocycles. The number of esters is 2. The summed E-state index contributed by atoms with van der Waals surface area (Å²) in [6.45, 7) is 10.2. The van der Waals surface area contributed by atoms with Crippen molar-refractivity contribution in [2.45, 2.75) is 89.9 Å². The molecule has 7 heteroatoms. The van der Waals surface area contributed by atoms with E-state index >= 15 is 0 Å². The molecule has 2 heterocycles. The van der Waals surface area contributed by atoms with Crippen LogP contribution in [-0.4, -0.2) is 72.6 Å². The quantitative estimate of drug-likeness (QED) is 0.593. The Balaban J connectivity index is 1.28. The van der Waals surface area contributed by atoms with Gasteiger partial charge < -0.3 is 19.3 Å². The average Bonchev–Trinajstić information content (AvgIpc) is 3.36. The van der Waals surface area contributed by atoms with Crippen LogP contribution in [0.15, 0.2) is 11.6 Å². The zero-order valence-corrected chi connectivity index (χ0v) is 22.2. The summed E-state index contributed by atoms with van der Waals surface area (Å²) < 4.78 is 16.7. The molecule has 0 bridgehead atoms. The van der Waals surface area contributed by atoms with Crippen molar-refractivity contribution in [3.8, 4) is 0 Å². The van der Waals surface area contributed by atoms with Gasteiger partial charge in [0.15, 0.2) is 0 Å². The van der Waals surface area contributed by atoms with Crippen LogP contribution in [0.5, 0.6) is 0 Å². The zero-order valence-electron chi connectivity index (χ0n) is 22.2. The first kappa shape index (κ1) is 24.9. The first-order valence-corrected chi connectivity index (χ1v) is 14.2. The van der Waals surface area contributed by atoms with Gasteiger partial charge in [0.2, 0.25) is 0 Å². The van der Waals surface area contributed by atoms with E-state index in [0.717, 1.165) is 57.6 Å². The summed E-state index contributed by atoms with van der Waals surface area (Å²) in [5.74, 6) is 0.533. The highest BCUT2D eigenvalue weighted by atomic mass is 16.5. The van der Waals surface area contributed by atoms with Gasteiger partial charge in [-0.15, -0.1) is 0 Å². The van der Waals surface area contributed by atoms with Gasteiger partial charge in [0.05, 0.1) is 18.8 Å². The lowest BCUT2D eigenvalue weighted by atomic mass is 9.43. The van der Waals surface area contributed by atoms with E-state index in [1.165, 1.54) is 26.2 Å². The minimum absolute atomic E-state index is 0.179. The van der Waals surface area contributed by atoms with Crippen molar-refractivity contribution in [1.82, 2.24) is 4.90 Å². The van der Waals surface area contributed by atoms with Crippen LogP contribution in [-0.2, 0) is 23.8 Å². The molecule has 36 heavy (non-hydrogen) atoms. The lowest BCUT2D eigenvalue weighted by Gasteiger charge is -2.64. The second-order valence-corrected chi connectivity index (χ2v) is 13.1. The van der Waals surface area contributed by atoms with Crippen LogP contribution in [0.1, 0.15) is 72.1 Å². The number of carbonyl (C=O) groups is 2. The Bertz CT molecular complexity index is 944. The Morgan fingerprint density at radius 2 is 1.89 bits per heavy atom. The Morgan fingerprint density at radius 3 is 2.58 bits per heavy atom. The molecule has 4 saturated carbocycles. The van der Waals surface area contributed by atoms with Crippen molar-refractivity contribution in [1.29, 1.82) is 0 Å². The number of fused-ring (bicyclic) bond motifs is 5. The Hall–Kier alpha value is -1.44. The van der Waals surface area contributed by atoms with Crippen LogP contribution >= 0.6 is 0 Å². The van der Waals surface area contributed by atoms with E-state index in [1.807, 2.05) is 0 Å². The summed E-state index contributed by atoms with van der Waals surface area (Å²) in [4.78, 5) is 26.7. The summed E-state index contributed by atoms with van der Waals surface area (Å²) in [5, 5.41) is 12.6. The molecule has 0 aromatic rings. The molecule has 0 aromatic carbocycles. The molecule has 9 unspecified atom stereocenters. The van der Waals surface area contributed by atoms with Crippen molar-refractivity contribution in [2.24, 2.45) is 34.5 Å². The van der Waals surface area contributed by atoms with Gasteiger partial charge in [-0.3, -0.25) is 9.69 Å². The summed E-state index contributed by atoms with van der Waals surface area (Å²) in [7, 11) is 0. The Labute approximate surface area is 214 Å². The smallest absolute Gasteiger partial charge is 0.331 e. The lowest BCUT2D eigenvalue weighted by Crippen LogP contribution is -2.63. The molecule has 5 fully saturated rings. The van der Waals surface area contributed by atoms with Gasteiger partial charge in [0.25, 0.3) is 0 Å². The van der Waals surface area contributed by atoms with E-state index in [1.54, 1.807) is 6.08 Å². The molecular formula is C29H43NO6. The fraction of sp³-hybridized carbons (Fsp3) is 0.862. The van der Waals surface area contributed by atoms with E-state index in [2.05, 4.69) is 18.7 Å². The standard InChI is InChI=1S/C29H43NO6/c1-18(31)36-24-16-29(33)23-5-4-20-15-21(30-10-12-34-13-11-30)6-8-27(20,2)22(23)7-9-28(29,3)26(24)19-14-25(32)35-17-19/h14,20-24,26,33H,4-13,15-17H2,1-3H3. The Kier molecular flexibility index (Phi) is 6.08. The number of morpholine rings is 1. The van der Waals surface area contributed by atoms with Gasteiger partial charge >= 0.3 is 11.9 Å². The molecule has 9 atom stereocenters. The summed E-state index contributed by atoms with van der Waals surface area (Å²) in [6.07, 6.45) is 9.49. The molecule has 0 amide bonds. The van der Waals surface area contributed by atoms with Crippen LogP contribution in [0.2, 0.25) is 0 Å². The van der Waals surface area contributed by atoms with E-state index < -0.39 is 17.1 Å². The number of rotatable bonds is 3. The third kappa shape index (κ3) is 3.63. The normalized spacial score (nSPS) is 48.9. The van der Waals surface area contributed by atoms with E-state index in [0.29, 0.717) is 24.3 Å². The van der Waals surface area contributed by atoms with Crippen molar-refractivity contribution in [3.63, 3.8) is 0 Å². The van der Waals surface area contributed by atoms with Crippen LogP contribution in [0.4, 0.5) is 0 Å². The third-order valence-corrected chi connectivity index (χ3v) is 11.8. The largest absolute Gasteiger partial charge is 0.462 e. The lowest BCUT2D eigenvalue weighted by molar-refractivity contribution is -0.207. The maximum atomic E-state index is 12.6. The van der Waals surface area contributed by atoms with Crippen molar-refractivity contribution >= 4 is 11.9 Å². The number of cyclic esters (lactones) is 1. The number of hydrogen-bond donors (Lipinski definition) is 1. The van der Waals surface area contributed by atoms with E-state index in [9.17, 15) is 14.7 Å². The van der Waals surface area contributed by atoms with Crippen molar-refractivity contribution in [2.75, 3.05) is 32.9 Å². The van der Waals surface area contributed by atoms with Crippen LogP contribution < -0.4 is 0 Å². The highest BCUT2D eigenvalue weighted by Gasteiger charge is 2.71. The maximum Gasteiger partial charge on any atom is 0.331 e. The van der Waals surface area contributed by atoms with E-state index in [4.69, 9.17) is 14.2 Å². The molecule has 4 aliphatic carbocycles. The van der Waals surface area contributed by atoms with Gasteiger partial charge in [-0.05, 0) is 73.7 Å². The molecule has 2 aliphatic heterocycles. The van der Waals surface area contributed by atoms with Gasteiger partial charge in [0.1, 0.15) is 12.7 Å². The number of aliphatic hydroxyl groups is 1. The van der Waals surface area contributed by atoms with Gasteiger partial charge in [-0.1, -0.05) is 13.8 Å². The number of nitrogens with zero attached hydrogens (tertiary/aromatic N) is 1. The molecule has 1 saturated heterocycles. The molecule has 0 spiro atoms. The third-order valence-electron chi connectivity index (χ3n) is 11.8. The molecule has 7 nitrogen and oxygen atoms in total.